The van der Waals surface area contributed by atoms with E-state index in [0.29, 0.717) is 25.3 Å². The second-order valence-corrected chi connectivity index (χ2v) is 8.04. The summed E-state index contributed by atoms with van der Waals surface area (Å²) in [6, 6.07) is 9.46. The monoisotopic (exact) mass is 436 g/mol. The fourth-order valence-electron chi connectivity index (χ4n) is 3.69. The smallest absolute Gasteiger partial charge is 0.406 e. The number of benzene rings is 1. The van der Waals surface area contributed by atoms with Gasteiger partial charge in [0.05, 0.1) is 6.54 Å². The highest BCUT2D eigenvalue weighted by atomic mass is 19.4. The van der Waals surface area contributed by atoms with Crippen molar-refractivity contribution in [3.05, 3.63) is 42.1 Å². The number of ether oxygens (including phenoxy) is 1. The molecule has 1 aromatic heterocycles. The van der Waals surface area contributed by atoms with Crippen molar-refractivity contribution in [3.8, 4) is 5.75 Å². The van der Waals surface area contributed by atoms with Gasteiger partial charge in [-0.2, -0.15) is 18.2 Å². The van der Waals surface area contributed by atoms with Crippen LogP contribution in [0.4, 0.5) is 24.9 Å². The summed E-state index contributed by atoms with van der Waals surface area (Å²) in [5.41, 5.74) is 1.09. The van der Waals surface area contributed by atoms with Gasteiger partial charge in [-0.1, -0.05) is 19.1 Å². The minimum Gasteiger partial charge on any atom is -0.489 e. The molecule has 9 heteroatoms. The van der Waals surface area contributed by atoms with E-state index < -0.39 is 12.7 Å². The van der Waals surface area contributed by atoms with Crippen molar-refractivity contribution in [1.29, 1.82) is 0 Å². The maximum atomic E-state index is 12.6. The Morgan fingerprint density at radius 1 is 1.29 bits per heavy atom. The number of aromatic nitrogens is 2. The van der Waals surface area contributed by atoms with E-state index in [9.17, 15) is 18.0 Å². The van der Waals surface area contributed by atoms with Gasteiger partial charge in [-0.25, -0.2) is 4.98 Å². The average molecular weight is 436 g/mol. The summed E-state index contributed by atoms with van der Waals surface area (Å²) in [7, 11) is 1.32. The Bertz CT molecular complexity index is 889. The molecule has 2 atom stereocenters. The molecule has 0 amide bonds. The van der Waals surface area contributed by atoms with Crippen LogP contribution in [0.15, 0.2) is 36.5 Å². The number of Topliss-reactive ketones (excluding diaryl/α,β-unsaturated/α-hetero) is 1. The first kappa shape index (κ1) is 22.8. The fraction of sp³-hybridized carbons (Fsp3) is 0.500. The Kier molecular flexibility index (Phi) is 7.02. The topological polar surface area (TPSA) is 58.6 Å². The van der Waals surface area contributed by atoms with Crippen molar-refractivity contribution >= 4 is 17.5 Å². The van der Waals surface area contributed by atoms with E-state index >= 15 is 0 Å². The Hall–Kier alpha value is -2.84. The van der Waals surface area contributed by atoms with Crippen molar-refractivity contribution in [1.82, 2.24) is 9.97 Å². The molecule has 0 saturated carbocycles. The third kappa shape index (κ3) is 6.57. The predicted octanol–water partition coefficient (Wildman–Crippen LogP) is 4.22. The number of carbonyl (C=O) groups excluding carboxylic acids is 1. The number of alkyl halides is 3. The lowest BCUT2D eigenvalue weighted by molar-refractivity contribution is -0.119. The number of nitrogens with zero attached hydrogens (tertiary/aromatic N) is 4. The van der Waals surface area contributed by atoms with Crippen molar-refractivity contribution in [3.63, 3.8) is 0 Å². The van der Waals surface area contributed by atoms with Crippen LogP contribution in [-0.4, -0.2) is 54.7 Å². The average Bonchev–Trinajstić information content (AvgIpc) is 3.15. The van der Waals surface area contributed by atoms with Crippen LogP contribution in [0.3, 0.4) is 0 Å². The Balaban J connectivity index is 1.58. The summed E-state index contributed by atoms with van der Waals surface area (Å²) < 4.78 is 44.0. The molecule has 0 aliphatic carbocycles. The molecule has 0 N–H and O–H groups in total. The third-order valence-corrected chi connectivity index (χ3v) is 5.20. The molecule has 1 fully saturated rings. The van der Waals surface area contributed by atoms with Crippen molar-refractivity contribution < 1.29 is 22.7 Å². The molecule has 6 nitrogen and oxygen atoms in total. The van der Waals surface area contributed by atoms with Gasteiger partial charge >= 0.3 is 6.18 Å². The first-order chi connectivity index (χ1) is 14.6. The van der Waals surface area contributed by atoms with E-state index in [-0.39, 0.29) is 23.8 Å². The highest BCUT2D eigenvalue weighted by Gasteiger charge is 2.31. The number of carbonyl (C=O) groups is 1. The zero-order valence-corrected chi connectivity index (χ0v) is 17.9. The van der Waals surface area contributed by atoms with Gasteiger partial charge in [-0.15, -0.1) is 0 Å². The van der Waals surface area contributed by atoms with Gasteiger partial charge in [0.25, 0.3) is 0 Å². The second-order valence-electron chi connectivity index (χ2n) is 8.04. The Labute approximate surface area is 180 Å². The number of anilines is 2. The van der Waals surface area contributed by atoms with Crippen LogP contribution < -0.4 is 14.5 Å². The molecule has 31 heavy (non-hydrogen) atoms. The van der Waals surface area contributed by atoms with Gasteiger partial charge in [0.2, 0.25) is 5.95 Å². The molecule has 1 aliphatic heterocycles. The van der Waals surface area contributed by atoms with Crippen LogP contribution in [-0.2, 0) is 4.79 Å². The predicted molar refractivity (Wildman–Crippen MR) is 113 cm³/mol. The van der Waals surface area contributed by atoms with Gasteiger partial charge in [0.15, 0.2) is 0 Å². The van der Waals surface area contributed by atoms with Crippen LogP contribution in [0.2, 0.25) is 0 Å². The summed E-state index contributed by atoms with van der Waals surface area (Å²) >= 11 is 0. The molecular weight excluding hydrogens is 409 g/mol. The molecular formula is C22H27F3N4O2. The van der Waals surface area contributed by atoms with Crippen LogP contribution in [0, 0.1) is 0 Å². The van der Waals surface area contributed by atoms with E-state index in [1.54, 1.807) is 13.0 Å². The lowest BCUT2D eigenvalue weighted by Crippen LogP contribution is -2.32. The number of ketones is 1. The number of halogens is 3. The third-order valence-electron chi connectivity index (χ3n) is 5.20. The standard InChI is InChI=1S/C22H27F3N4O2/c1-15(12-16(2)30)17-4-6-18(7-5-17)31-19-9-11-29(13-19)20-8-10-26-21(27-20)28(3)14-22(23,24)25/h4-8,10,15,19H,9,11-14H2,1-3H3/t15-,19-/m1/s1. The molecule has 168 valence electrons. The van der Waals surface area contributed by atoms with Crippen LogP contribution >= 0.6 is 0 Å². The summed E-state index contributed by atoms with van der Waals surface area (Å²) in [5.74, 6) is 1.69. The molecule has 1 aromatic carbocycles. The van der Waals surface area contributed by atoms with Gasteiger partial charge < -0.3 is 19.3 Å². The second kappa shape index (κ2) is 9.53. The number of hydrogen-bond donors (Lipinski definition) is 0. The van der Waals surface area contributed by atoms with Gasteiger partial charge in [0.1, 0.15) is 30.0 Å². The summed E-state index contributed by atoms with van der Waals surface area (Å²) in [6.45, 7) is 3.78. The van der Waals surface area contributed by atoms with Crippen molar-refractivity contribution in [2.24, 2.45) is 0 Å². The molecule has 2 aromatic rings. The van der Waals surface area contributed by atoms with Crippen LogP contribution in [0.5, 0.6) is 5.75 Å². The molecule has 0 bridgehead atoms. The Morgan fingerprint density at radius 3 is 2.65 bits per heavy atom. The van der Waals surface area contributed by atoms with E-state index in [2.05, 4.69) is 9.97 Å². The van der Waals surface area contributed by atoms with Crippen LogP contribution in [0.1, 0.15) is 38.2 Å². The summed E-state index contributed by atoms with van der Waals surface area (Å²) in [4.78, 5) is 22.5. The van der Waals surface area contributed by atoms with E-state index in [1.807, 2.05) is 36.1 Å². The molecule has 1 aliphatic rings. The minimum atomic E-state index is -4.32. The Morgan fingerprint density at radius 2 is 2.00 bits per heavy atom. The largest absolute Gasteiger partial charge is 0.489 e. The molecule has 0 spiro atoms. The lowest BCUT2D eigenvalue weighted by Gasteiger charge is -2.22. The maximum absolute atomic E-state index is 12.6. The van der Waals surface area contributed by atoms with Crippen molar-refractivity contribution in [2.45, 2.75) is 44.9 Å². The van der Waals surface area contributed by atoms with Crippen LogP contribution in [0.25, 0.3) is 0 Å². The van der Waals surface area contributed by atoms with Gasteiger partial charge in [-0.3, -0.25) is 0 Å². The zero-order valence-electron chi connectivity index (χ0n) is 17.9. The number of hydrogen-bond acceptors (Lipinski definition) is 6. The van der Waals surface area contributed by atoms with E-state index in [1.165, 1.54) is 13.2 Å². The molecule has 0 radical (unpaired) electrons. The molecule has 3 rings (SSSR count). The molecule has 1 saturated heterocycles. The molecule has 0 unspecified atom stereocenters. The SMILES string of the molecule is CC(=O)C[C@@H](C)c1ccc(O[C@@H]2CCN(c3ccnc(N(C)CC(F)(F)F)n3)C2)cc1. The lowest BCUT2D eigenvalue weighted by atomic mass is 9.96. The number of rotatable bonds is 8. The first-order valence-corrected chi connectivity index (χ1v) is 10.2. The van der Waals surface area contributed by atoms with Gasteiger partial charge in [0, 0.05) is 32.6 Å². The first-order valence-electron chi connectivity index (χ1n) is 10.2. The van der Waals surface area contributed by atoms with Crippen molar-refractivity contribution in [2.75, 3.05) is 36.5 Å². The van der Waals surface area contributed by atoms with Gasteiger partial charge in [-0.05, 0) is 36.6 Å². The summed E-state index contributed by atoms with van der Waals surface area (Å²) in [5, 5.41) is 0. The highest BCUT2D eigenvalue weighted by Crippen LogP contribution is 2.26. The summed E-state index contributed by atoms with van der Waals surface area (Å²) in [6.07, 6.45) is -1.61. The quantitative estimate of drug-likeness (QED) is 0.618. The molecule has 2 heterocycles. The van der Waals surface area contributed by atoms with E-state index in [0.717, 1.165) is 22.6 Å². The zero-order chi connectivity index (χ0) is 22.6. The fourth-order valence-corrected chi connectivity index (χ4v) is 3.69. The maximum Gasteiger partial charge on any atom is 0.406 e. The van der Waals surface area contributed by atoms with E-state index in [4.69, 9.17) is 4.74 Å². The normalized spacial score (nSPS) is 17.5. The minimum absolute atomic E-state index is 0.0365. The highest BCUT2D eigenvalue weighted by molar-refractivity contribution is 5.76.